The molecule has 0 aromatic heterocycles. The van der Waals surface area contributed by atoms with E-state index in [1.165, 1.54) is 31.5 Å². The Labute approximate surface area is 108 Å². The molecule has 0 amide bonds. The predicted octanol–water partition coefficient (Wildman–Crippen LogP) is 3.74. The number of hydrogen-bond donors (Lipinski definition) is 0. The number of allylic oxidation sites excluding steroid dienone is 2. The summed E-state index contributed by atoms with van der Waals surface area (Å²) < 4.78 is 0. The van der Waals surface area contributed by atoms with Crippen molar-refractivity contribution >= 4 is 11.6 Å². The molecule has 0 spiro atoms. The van der Waals surface area contributed by atoms with Gasteiger partial charge >= 0.3 is 0 Å². The topological polar surface area (TPSA) is 3.24 Å². The lowest BCUT2D eigenvalue weighted by Crippen LogP contribution is -2.38. The van der Waals surface area contributed by atoms with Gasteiger partial charge < -0.3 is 0 Å². The van der Waals surface area contributed by atoms with Crippen LogP contribution < -0.4 is 0 Å². The second-order valence-corrected chi connectivity index (χ2v) is 5.61. The van der Waals surface area contributed by atoms with E-state index in [0.29, 0.717) is 0 Å². The van der Waals surface area contributed by atoms with Crippen LogP contribution in [0.15, 0.2) is 36.4 Å². The number of halogens is 1. The molecule has 3 rings (SSSR count). The minimum atomic E-state index is 0.845. The molecule has 2 heteroatoms. The average Bonchev–Trinajstić information content (AvgIpc) is 2.79. The zero-order valence-corrected chi connectivity index (χ0v) is 10.7. The zero-order valence-electron chi connectivity index (χ0n) is 9.98. The van der Waals surface area contributed by atoms with Gasteiger partial charge in [0, 0.05) is 18.1 Å². The Bertz CT molecular complexity index is 427. The van der Waals surface area contributed by atoms with Gasteiger partial charge in [0.1, 0.15) is 0 Å². The van der Waals surface area contributed by atoms with E-state index >= 15 is 0 Å². The highest BCUT2D eigenvalue weighted by molar-refractivity contribution is 6.31. The molecule has 17 heavy (non-hydrogen) atoms. The van der Waals surface area contributed by atoms with Gasteiger partial charge in [0.25, 0.3) is 0 Å². The molecule has 2 aliphatic rings. The summed E-state index contributed by atoms with van der Waals surface area (Å²) in [5.41, 5.74) is 1.26. The van der Waals surface area contributed by atoms with Gasteiger partial charge in [0.15, 0.2) is 0 Å². The van der Waals surface area contributed by atoms with Gasteiger partial charge in [-0.1, -0.05) is 42.0 Å². The van der Waals surface area contributed by atoms with E-state index in [-0.39, 0.29) is 0 Å². The summed E-state index contributed by atoms with van der Waals surface area (Å²) in [4.78, 5) is 2.55. The Balaban J connectivity index is 1.65. The largest absolute Gasteiger partial charge is 0.299 e. The zero-order chi connectivity index (χ0) is 11.7. The maximum atomic E-state index is 6.22. The molecule has 1 aromatic rings. The first kappa shape index (κ1) is 11.3. The van der Waals surface area contributed by atoms with E-state index in [1.54, 1.807) is 0 Å². The Morgan fingerprint density at radius 2 is 2.18 bits per heavy atom. The van der Waals surface area contributed by atoms with Crippen molar-refractivity contribution in [3.63, 3.8) is 0 Å². The maximum Gasteiger partial charge on any atom is 0.0451 e. The first-order valence-electron chi connectivity index (χ1n) is 6.45. The Kier molecular flexibility index (Phi) is 3.21. The predicted molar refractivity (Wildman–Crippen MR) is 72.1 cm³/mol. The molecule has 90 valence electrons. The molecule has 1 fully saturated rings. The van der Waals surface area contributed by atoms with Crippen LogP contribution in [-0.2, 0) is 6.54 Å². The van der Waals surface area contributed by atoms with Crippen molar-refractivity contribution in [2.45, 2.75) is 19.4 Å². The molecule has 1 heterocycles. The van der Waals surface area contributed by atoms with Gasteiger partial charge in [0.2, 0.25) is 0 Å². The lowest BCUT2D eigenvalue weighted by Gasteiger charge is -2.35. The molecular weight excluding hydrogens is 230 g/mol. The van der Waals surface area contributed by atoms with E-state index in [0.717, 1.165) is 23.4 Å². The summed E-state index contributed by atoms with van der Waals surface area (Å²) >= 11 is 6.22. The van der Waals surface area contributed by atoms with Crippen LogP contribution in [0, 0.1) is 11.8 Å². The number of likely N-dealkylation sites (tertiary alicyclic amines) is 1. The minimum Gasteiger partial charge on any atom is -0.299 e. The number of piperidine rings is 1. The smallest absolute Gasteiger partial charge is 0.0451 e. The summed E-state index contributed by atoms with van der Waals surface area (Å²) in [6.07, 6.45) is 7.35. The monoisotopic (exact) mass is 247 g/mol. The molecule has 0 N–H and O–H groups in total. The lowest BCUT2D eigenvalue weighted by atomic mass is 9.88. The molecule has 0 radical (unpaired) electrons. The van der Waals surface area contributed by atoms with E-state index in [9.17, 15) is 0 Å². The normalized spacial score (nSPS) is 28.3. The van der Waals surface area contributed by atoms with Crippen LogP contribution in [0.2, 0.25) is 5.02 Å². The van der Waals surface area contributed by atoms with Gasteiger partial charge in [0.05, 0.1) is 0 Å². The molecule has 1 aliphatic carbocycles. The van der Waals surface area contributed by atoms with Crippen molar-refractivity contribution in [2.75, 3.05) is 13.1 Å². The molecule has 2 unspecified atom stereocenters. The van der Waals surface area contributed by atoms with E-state index in [2.05, 4.69) is 29.2 Å². The Hall–Kier alpha value is -0.790. The third-order valence-corrected chi connectivity index (χ3v) is 4.42. The summed E-state index contributed by atoms with van der Waals surface area (Å²) in [5, 5.41) is 0.902. The van der Waals surface area contributed by atoms with Crippen LogP contribution in [0.25, 0.3) is 0 Å². The maximum absolute atomic E-state index is 6.22. The lowest BCUT2D eigenvalue weighted by molar-refractivity contribution is 0.143. The van der Waals surface area contributed by atoms with Crippen molar-refractivity contribution in [2.24, 2.45) is 11.8 Å². The highest BCUT2D eigenvalue weighted by Crippen LogP contribution is 2.33. The SMILES string of the molecule is Clc1ccccc1CN1CCC2C=CCC2C1. The Morgan fingerprint density at radius 3 is 3.06 bits per heavy atom. The second-order valence-electron chi connectivity index (χ2n) is 5.20. The molecule has 1 nitrogen and oxygen atoms in total. The Morgan fingerprint density at radius 1 is 1.29 bits per heavy atom. The van der Waals surface area contributed by atoms with Crippen molar-refractivity contribution in [1.29, 1.82) is 0 Å². The van der Waals surface area contributed by atoms with Crippen molar-refractivity contribution < 1.29 is 0 Å². The van der Waals surface area contributed by atoms with Gasteiger partial charge in [-0.3, -0.25) is 4.90 Å². The van der Waals surface area contributed by atoms with Crippen LogP contribution in [0.1, 0.15) is 18.4 Å². The van der Waals surface area contributed by atoms with E-state index in [4.69, 9.17) is 11.6 Å². The number of nitrogens with zero attached hydrogens (tertiary/aromatic N) is 1. The van der Waals surface area contributed by atoms with Crippen molar-refractivity contribution in [1.82, 2.24) is 4.90 Å². The summed E-state index contributed by atoms with van der Waals surface area (Å²) in [6, 6.07) is 8.20. The van der Waals surface area contributed by atoms with Crippen LogP contribution in [0.3, 0.4) is 0 Å². The fraction of sp³-hybridized carbons (Fsp3) is 0.467. The fourth-order valence-electron chi connectivity index (χ4n) is 3.07. The number of benzene rings is 1. The quantitative estimate of drug-likeness (QED) is 0.720. The number of hydrogen-bond acceptors (Lipinski definition) is 1. The molecule has 0 saturated carbocycles. The fourth-order valence-corrected chi connectivity index (χ4v) is 3.26. The molecule has 1 aliphatic heterocycles. The molecule has 1 saturated heterocycles. The van der Waals surface area contributed by atoms with Crippen LogP contribution in [0.5, 0.6) is 0 Å². The van der Waals surface area contributed by atoms with E-state index in [1.807, 2.05) is 12.1 Å². The second kappa shape index (κ2) is 4.83. The third-order valence-electron chi connectivity index (χ3n) is 4.05. The third kappa shape index (κ3) is 2.41. The summed E-state index contributed by atoms with van der Waals surface area (Å²) in [5.74, 6) is 1.70. The summed E-state index contributed by atoms with van der Waals surface area (Å²) in [7, 11) is 0. The molecule has 2 atom stereocenters. The molecular formula is C15H18ClN. The minimum absolute atomic E-state index is 0.845. The van der Waals surface area contributed by atoms with Crippen LogP contribution >= 0.6 is 11.6 Å². The first-order valence-corrected chi connectivity index (χ1v) is 6.83. The molecule has 1 aromatic carbocycles. The van der Waals surface area contributed by atoms with Gasteiger partial charge in [-0.25, -0.2) is 0 Å². The highest BCUT2D eigenvalue weighted by Gasteiger charge is 2.29. The van der Waals surface area contributed by atoms with Crippen LogP contribution in [-0.4, -0.2) is 18.0 Å². The van der Waals surface area contributed by atoms with Crippen molar-refractivity contribution in [3.8, 4) is 0 Å². The average molecular weight is 248 g/mol. The van der Waals surface area contributed by atoms with Gasteiger partial charge in [-0.05, 0) is 42.9 Å². The standard InChI is InChI=1S/C15H18ClN/c16-15-7-2-1-4-14(15)11-17-9-8-12-5-3-6-13(12)10-17/h1-5,7,12-13H,6,8-11H2. The molecule has 0 bridgehead atoms. The van der Waals surface area contributed by atoms with Gasteiger partial charge in [-0.15, -0.1) is 0 Å². The van der Waals surface area contributed by atoms with E-state index < -0.39 is 0 Å². The van der Waals surface area contributed by atoms with Crippen LogP contribution in [0.4, 0.5) is 0 Å². The van der Waals surface area contributed by atoms with Gasteiger partial charge in [-0.2, -0.15) is 0 Å². The number of fused-ring (bicyclic) bond motifs is 1. The summed E-state index contributed by atoms with van der Waals surface area (Å²) in [6.45, 7) is 3.43. The number of rotatable bonds is 2. The highest BCUT2D eigenvalue weighted by atomic mass is 35.5. The van der Waals surface area contributed by atoms with Crippen molar-refractivity contribution in [3.05, 3.63) is 47.0 Å². The first-order chi connectivity index (χ1) is 8.33.